The summed E-state index contributed by atoms with van der Waals surface area (Å²) < 4.78 is 61.1. The van der Waals surface area contributed by atoms with Gasteiger partial charge in [0.05, 0.1) is 28.8 Å². The van der Waals surface area contributed by atoms with Gasteiger partial charge in [-0.25, -0.2) is 8.42 Å². The Morgan fingerprint density at radius 2 is 2.00 bits per heavy atom. The van der Waals surface area contributed by atoms with Crippen LogP contribution < -0.4 is 10.5 Å². The fourth-order valence-electron chi connectivity index (χ4n) is 1.41. The SMILES string of the molecule is N#Cc1ccc(NS(=O)(=O)CCCC(F)(F)F)c(N)c1. The molecule has 0 radical (unpaired) electrons. The van der Waals surface area contributed by atoms with Crippen LogP contribution in [0.25, 0.3) is 0 Å². The quantitative estimate of drug-likeness (QED) is 0.815. The topological polar surface area (TPSA) is 96.0 Å². The lowest BCUT2D eigenvalue weighted by Gasteiger charge is -2.11. The number of rotatable bonds is 5. The maximum Gasteiger partial charge on any atom is 0.389 e. The first-order valence-electron chi connectivity index (χ1n) is 5.50. The van der Waals surface area contributed by atoms with Crippen LogP contribution in [0.1, 0.15) is 18.4 Å². The third-order valence-electron chi connectivity index (χ3n) is 2.32. The molecule has 0 atom stereocenters. The molecule has 0 aromatic heterocycles. The lowest BCUT2D eigenvalue weighted by Crippen LogP contribution is -2.19. The van der Waals surface area contributed by atoms with Crippen molar-refractivity contribution in [2.75, 3.05) is 16.2 Å². The zero-order chi connectivity index (χ0) is 15.4. The van der Waals surface area contributed by atoms with Crippen LogP contribution in [0.2, 0.25) is 0 Å². The van der Waals surface area contributed by atoms with Gasteiger partial charge in [0.15, 0.2) is 0 Å². The maximum atomic E-state index is 11.9. The lowest BCUT2D eigenvalue weighted by molar-refractivity contribution is -0.134. The Morgan fingerprint density at radius 1 is 1.35 bits per heavy atom. The number of halogens is 3. The largest absolute Gasteiger partial charge is 0.397 e. The normalized spacial score (nSPS) is 11.9. The highest BCUT2D eigenvalue weighted by Gasteiger charge is 2.27. The van der Waals surface area contributed by atoms with E-state index in [9.17, 15) is 21.6 Å². The second-order valence-corrected chi connectivity index (χ2v) is 5.90. The Labute approximate surface area is 114 Å². The van der Waals surface area contributed by atoms with E-state index in [1.165, 1.54) is 18.2 Å². The summed E-state index contributed by atoms with van der Waals surface area (Å²) in [4.78, 5) is 0. The number of nitrogens with one attached hydrogen (secondary N) is 1. The Hall–Kier alpha value is -1.95. The fraction of sp³-hybridized carbons (Fsp3) is 0.364. The first-order chi connectivity index (χ1) is 9.13. The first-order valence-corrected chi connectivity index (χ1v) is 7.15. The Kier molecular flexibility index (Phi) is 4.83. The summed E-state index contributed by atoms with van der Waals surface area (Å²) in [7, 11) is -3.91. The Balaban J connectivity index is 2.70. The molecule has 0 saturated carbocycles. The summed E-state index contributed by atoms with van der Waals surface area (Å²) >= 11 is 0. The molecule has 0 aliphatic rings. The minimum absolute atomic E-state index is 0.0310. The van der Waals surface area contributed by atoms with Gasteiger partial charge in [-0.05, 0) is 24.6 Å². The van der Waals surface area contributed by atoms with Crippen molar-refractivity contribution in [1.82, 2.24) is 0 Å². The van der Waals surface area contributed by atoms with Crippen LogP contribution in [0.15, 0.2) is 18.2 Å². The molecule has 0 unspecified atom stereocenters. The van der Waals surface area contributed by atoms with Crippen LogP contribution in [-0.4, -0.2) is 20.3 Å². The second-order valence-electron chi connectivity index (χ2n) is 4.05. The fourth-order valence-corrected chi connectivity index (χ4v) is 2.55. The van der Waals surface area contributed by atoms with E-state index in [0.29, 0.717) is 0 Å². The summed E-state index contributed by atoms with van der Waals surface area (Å²) in [6.07, 6.45) is -6.09. The molecule has 0 bridgehead atoms. The minimum Gasteiger partial charge on any atom is -0.397 e. The zero-order valence-electron chi connectivity index (χ0n) is 10.2. The van der Waals surface area contributed by atoms with E-state index >= 15 is 0 Å². The third-order valence-corrected chi connectivity index (χ3v) is 3.68. The summed E-state index contributed by atoms with van der Waals surface area (Å²) in [6, 6.07) is 5.74. The second kappa shape index (κ2) is 6.00. The molecule has 0 aliphatic carbocycles. The molecule has 1 aromatic rings. The monoisotopic (exact) mass is 307 g/mol. The number of nitriles is 1. The molecule has 0 aliphatic heterocycles. The molecule has 1 rings (SSSR count). The van der Waals surface area contributed by atoms with Crippen molar-refractivity contribution in [3.05, 3.63) is 23.8 Å². The van der Waals surface area contributed by atoms with E-state index in [2.05, 4.69) is 4.72 Å². The molecule has 0 saturated heterocycles. The molecular formula is C11H12F3N3O2S. The van der Waals surface area contributed by atoms with E-state index in [0.717, 1.165) is 0 Å². The van der Waals surface area contributed by atoms with Crippen LogP contribution in [0.3, 0.4) is 0 Å². The number of anilines is 2. The van der Waals surface area contributed by atoms with Gasteiger partial charge in [0.2, 0.25) is 10.0 Å². The molecule has 0 amide bonds. The predicted molar refractivity (Wildman–Crippen MR) is 68.3 cm³/mol. The number of nitrogen functional groups attached to an aromatic ring is 1. The van der Waals surface area contributed by atoms with Gasteiger partial charge in [0.25, 0.3) is 0 Å². The van der Waals surface area contributed by atoms with Gasteiger partial charge in [0.1, 0.15) is 0 Å². The minimum atomic E-state index is -4.39. The van der Waals surface area contributed by atoms with Crippen molar-refractivity contribution in [3.8, 4) is 6.07 Å². The van der Waals surface area contributed by atoms with E-state index in [1.807, 2.05) is 6.07 Å². The molecule has 9 heteroatoms. The molecule has 110 valence electrons. The van der Waals surface area contributed by atoms with Gasteiger partial charge in [-0.3, -0.25) is 4.72 Å². The van der Waals surface area contributed by atoms with Gasteiger partial charge < -0.3 is 5.73 Å². The van der Waals surface area contributed by atoms with Crippen LogP contribution >= 0.6 is 0 Å². The lowest BCUT2D eigenvalue weighted by atomic mass is 10.2. The smallest absolute Gasteiger partial charge is 0.389 e. The highest BCUT2D eigenvalue weighted by atomic mass is 32.2. The van der Waals surface area contributed by atoms with Crippen molar-refractivity contribution >= 4 is 21.4 Å². The summed E-state index contributed by atoms with van der Waals surface area (Å²) in [5.74, 6) is -0.661. The average molecular weight is 307 g/mol. The standard InChI is InChI=1S/C11H12F3N3O2S/c12-11(13,14)4-1-5-20(18,19)17-10-3-2-8(7-15)6-9(10)16/h2-3,6,17H,1,4-5,16H2. The highest BCUT2D eigenvalue weighted by molar-refractivity contribution is 7.92. The van der Waals surface area contributed by atoms with Gasteiger partial charge in [0, 0.05) is 6.42 Å². The summed E-state index contributed by atoms with van der Waals surface area (Å²) in [6.45, 7) is 0. The predicted octanol–water partition coefficient (Wildman–Crippen LogP) is 2.22. The summed E-state index contributed by atoms with van der Waals surface area (Å²) in [5.41, 5.74) is 5.87. The molecular weight excluding hydrogens is 295 g/mol. The molecule has 0 spiro atoms. The maximum absolute atomic E-state index is 11.9. The average Bonchev–Trinajstić information content (AvgIpc) is 2.29. The zero-order valence-corrected chi connectivity index (χ0v) is 11.1. The molecule has 20 heavy (non-hydrogen) atoms. The van der Waals surface area contributed by atoms with E-state index < -0.39 is 34.8 Å². The van der Waals surface area contributed by atoms with Gasteiger partial charge >= 0.3 is 6.18 Å². The van der Waals surface area contributed by atoms with E-state index in [4.69, 9.17) is 11.0 Å². The van der Waals surface area contributed by atoms with Crippen molar-refractivity contribution in [3.63, 3.8) is 0 Å². The van der Waals surface area contributed by atoms with Crippen molar-refractivity contribution in [1.29, 1.82) is 5.26 Å². The van der Waals surface area contributed by atoms with E-state index in [1.54, 1.807) is 0 Å². The van der Waals surface area contributed by atoms with Gasteiger partial charge in [-0.1, -0.05) is 0 Å². The van der Waals surface area contributed by atoms with E-state index in [-0.39, 0.29) is 16.9 Å². The number of hydrogen-bond acceptors (Lipinski definition) is 4. The molecule has 1 aromatic carbocycles. The number of nitrogens with two attached hydrogens (primary N) is 1. The number of hydrogen-bond donors (Lipinski definition) is 2. The van der Waals surface area contributed by atoms with Crippen LogP contribution in [0.5, 0.6) is 0 Å². The molecule has 5 nitrogen and oxygen atoms in total. The number of nitrogens with zero attached hydrogens (tertiary/aromatic N) is 1. The third kappa shape index (κ3) is 5.36. The van der Waals surface area contributed by atoms with Gasteiger partial charge in [-0.2, -0.15) is 18.4 Å². The number of sulfonamides is 1. The molecule has 3 N–H and O–H groups in total. The van der Waals surface area contributed by atoms with Crippen molar-refractivity contribution in [2.24, 2.45) is 0 Å². The molecule has 0 heterocycles. The molecule has 0 fully saturated rings. The van der Waals surface area contributed by atoms with Crippen molar-refractivity contribution in [2.45, 2.75) is 19.0 Å². The highest BCUT2D eigenvalue weighted by Crippen LogP contribution is 2.23. The van der Waals surface area contributed by atoms with Crippen LogP contribution in [0.4, 0.5) is 24.5 Å². The number of benzene rings is 1. The van der Waals surface area contributed by atoms with Crippen LogP contribution in [0, 0.1) is 11.3 Å². The van der Waals surface area contributed by atoms with Gasteiger partial charge in [-0.15, -0.1) is 0 Å². The summed E-state index contributed by atoms with van der Waals surface area (Å²) in [5, 5.41) is 8.63. The Bertz CT molecular complexity index is 621. The Morgan fingerprint density at radius 3 is 2.50 bits per heavy atom. The first kappa shape index (κ1) is 16.1. The van der Waals surface area contributed by atoms with Crippen molar-refractivity contribution < 1.29 is 21.6 Å². The number of alkyl halides is 3. The van der Waals surface area contributed by atoms with Crippen LogP contribution in [-0.2, 0) is 10.0 Å².